The van der Waals surface area contributed by atoms with Gasteiger partial charge in [0.05, 0.1) is 11.4 Å². The molecular formula is C12H22N4O. The third-order valence-electron chi connectivity index (χ3n) is 3.26. The van der Waals surface area contributed by atoms with Gasteiger partial charge in [-0.15, -0.1) is 0 Å². The third kappa shape index (κ3) is 3.22. The van der Waals surface area contributed by atoms with Gasteiger partial charge in [-0.05, 0) is 18.3 Å². The van der Waals surface area contributed by atoms with Crippen LogP contribution < -0.4 is 11.1 Å². The number of hydrogen-bond donors (Lipinski definition) is 3. The summed E-state index contributed by atoms with van der Waals surface area (Å²) in [6.45, 7) is 11.0. The maximum absolute atomic E-state index is 11.8. The molecule has 5 nitrogen and oxygen atoms in total. The van der Waals surface area contributed by atoms with Gasteiger partial charge in [-0.3, -0.25) is 9.89 Å². The summed E-state index contributed by atoms with van der Waals surface area (Å²) in [4.78, 5) is 11.8. The van der Waals surface area contributed by atoms with Crippen molar-refractivity contribution in [3.8, 4) is 0 Å². The van der Waals surface area contributed by atoms with Gasteiger partial charge >= 0.3 is 0 Å². The fraction of sp³-hybridized carbons (Fsp3) is 0.667. The van der Waals surface area contributed by atoms with Crippen molar-refractivity contribution < 1.29 is 4.79 Å². The number of nitrogens with zero attached hydrogens (tertiary/aromatic N) is 1. The van der Waals surface area contributed by atoms with Crippen LogP contribution >= 0.6 is 0 Å². The zero-order chi connectivity index (χ0) is 13.2. The van der Waals surface area contributed by atoms with Gasteiger partial charge in [-0.1, -0.05) is 27.7 Å². The molecule has 1 atom stereocenters. The summed E-state index contributed by atoms with van der Waals surface area (Å²) in [6, 6.07) is 0. The fourth-order valence-electron chi connectivity index (χ4n) is 1.25. The average Bonchev–Trinajstić information content (AvgIpc) is 2.54. The van der Waals surface area contributed by atoms with Gasteiger partial charge in [-0.25, -0.2) is 0 Å². The number of nitrogens with two attached hydrogens (primary N) is 1. The summed E-state index contributed by atoms with van der Waals surface area (Å²) >= 11 is 0. The monoisotopic (exact) mass is 238 g/mol. The molecule has 0 bridgehead atoms. The Bertz CT molecular complexity index is 403. The fourth-order valence-corrected chi connectivity index (χ4v) is 1.25. The lowest BCUT2D eigenvalue weighted by Crippen LogP contribution is -2.34. The van der Waals surface area contributed by atoms with E-state index >= 15 is 0 Å². The highest BCUT2D eigenvalue weighted by molar-refractivity contribution is 5.97. The minimum Gasteiger partial charge on any atom is -0.395 e. The first-order valence-corrected chi connectivity index (χ1v) is 5.82. The number of carbonyl (C=O) groups is 1. The molecule has 96 valence electrons. The number of anilines is 1. The molecule has 0 aromatic carbocycles. The highest BCUT2D eigenvalue weighted by Crippen LogP contribution is 2.24. The number of carbonyl (C=O) groups excluding carboxylic acids is 1. The molecule has 1 unspecified atom stereocenters. The van der Waals surface area contributed by atoms with Gasteiger partial charge in [0, 0.05) is 6.54 Å². The van der Waals surface area contributed by atoms with Crippen LogP contribution in [0.3, 0.4) is 0 Å². The summed E-state index contributed by atoms with van der Waals surface area (Å²) < 4.78 is 0. The Labute approximate surface area is 102 Å². The Balaban J connectivity index is 2.60. The highest BCUT2D eigenvalue weighted by Gasteiger charge is 2.22. The number of nitrogens with one attached hydrogen (secondary N) is 2. The van der Waals surface area contributed by atoms with E-state index in [1.807, 2.05) is 0 Å². The van der Waals surface area contributed by atoms with Crippen molar-refractivity contribution in [1.29, 1.82) is 0 Å². The predicted molar refractivity (Wildman–Crippen MR) is 68.7 cm³/mol. The van der Waals surface area contributed by atoms with Crippen LogP contribution in [-0.4, -0.2) is 22.6 Å². The Morgan fingerprint density at radius 1 is 1.53 bits per heavy atom. The van der Waals surface area contributed by atoms with Crippen LogP contribution in [0.2, 0.25) is 0 Å². The molecule has 0 saturated heterocycles. The minimum absolute atomic E-state index is 0.167. The van der Waals surface area contributed by atoms with Gasteiger partial charge in [0.25, 0.3) is 5.91 Å². The summed E-state index contributed by atoms with van der Waals surface area (Å²) in [7, 11) is 0. The van der Waals surface area contributed by atoms with E-state index in [0.29, 0.717) is 18.2 Å². The minimum atomic E-state index is -0.219. The smallest absolute Gasteiger partial charge is 0.273 e. The van der Waals surface area contributed by atoms with E-state index in [4.69, 9.17) is 5.73 Å². The van der Waals surface area contributed by atoms with E-state index in [1.54, 1.807) is 6.92 Å². The number of nitrogen functional groups attached to an aromatic ring is 1. The van der Waals surface area contributed by atoms with Gasteiger partial charge in [0.2, 0.25) is 0 Å². The van der Waals surface area contributed by atoms with E-state index in [0.717, 1.165) is 5.69 Å². The van der Waals surface area contributed by atoms with E-state index in [1.165, 1.54) is 0 Å². The average molecular weight is 238 g/mol. The van der Waals surface area contributed by atoms with Crippen molar-refractivity contribution in [2.45, 2.75) is 34.6 Å². The number of aromatic nitrogens is 2. The maximum atomic E-state index is 11.8. The molecule has 0 aliphatic heterocycles. The van der Waals surface area contributed by atoms with Crippen LogP contribution in [0.25, 0.3) is 0 Å². The lowest BCUT2D eigenvalue weighted by atomic mass is 9.82. The second kappa shape index (κ2) is 4.77. The van der Waals surface area contributed by atoms with Crippen molar-refractivity contribution in [3.63, 3.8) is 0 Å². The largest absolute Gasteiger partial charge is 0.395 e. The first-order valence-electron chi connectivity index (χ1n) is 5.82. The van der Waals surface area contributed by atoms with Crippen molar-refractivity contribution in [2.24, 2.45) is 11.3 Å². The molecule has 0 fully saturated rings. The Morgan fingerprint density at radius 3 is 2.53 bits per heavy atom. The number of H-pyrrole nitrogens is 1. The van der Waals surface area contributed by atoms with Crippen LogP contribution in [0.5, 0.6) is 0 Å². The molecule has 5 heteroatoms. The zero-order valence-corrected chi connectivity index (χ0v) is 11.2. The topological polar surface area (TPSA) is 83.8 Å². The normalized spacial score (nSPS) is 13.5. The number of amides is 1. The lowest BCUT2D eigenvalue weighted by molar-refractivity contribution is 0.0933. The van der Waals surface area contributed by atoms with E-state index in [-0.39, 0.29) is 17.0 Å². The van der Waals surface area contributed by atoms with E-state index < -0.39 is 0 Å². The van der Waals surface area contributed by atoms with Gasteiger partial charge in [0.15, 0.2) is 5.69 Å². The molecule has 1 aromatic rings. The molecule has 1 heterocycles. The quantitative estimate of drug-likeness (QED) is 0.749. The van der Waals surface area contributed by atoms with Crippen LogP contribution in [0.15, 0.2) is 0 Å². The van der Waals surface area contributed by atoms with E-state index in [2.05, 4.69) is 43.2 Å². The van der Waals surface area contributed by atoms with Gasteiger partial charge in [-0.2, -0.15) is 5.10 Å². The molecule has 4 N–H and O–H groups in total. The number of aromatic amines is 1. The van der Waals surface area contributed by atoms with Crippen molar-refractivity contribution >= 4 is 11.6 Å². The second-order valence-corrected chi connectivity index (χ2v) is 5.59. The summed E-state index contributed by atoms with van der Waals surface area (Å²) in [5.41, 5.74) is 7.33. The SMILES string of the molecule is Cc1[nH]nc(C(=O)NCC(C)C(C)(C)C)c1N. The van der Waals surface area contributed by atoms with Crippen molar-refractivity contribution in [3.05, 3.63) is 11.4 Å². The molecule has 0 saturated carbocycles. The molecule has 0 spiro atoms. The number of hydrogen-bond acceptors (Lipinski definition) is 3. The Morgan fingerprint density at radius 2 is 2.12 bits per heavy atom. The first kappa shape index (κ1) is 13.5. The van der Waals surface area contributed by atoms with Gasteiger partial charge < -0.3 is 11.1 Å². The zero-order valence-electron chi connectivity index (χ0n) is 11.2. The molecule has 1 rings (SSSR count). The predicted octanol–water partition coefficient (Wildman–Crippen LogP) is 1.71. The standard InChI is InChI=1S/C12H22N4O/c1-7(12(3,4)5)6-14-11(17)10-9(13)8(2)15-16-10/h7H,6,13H2,1-5H3,(H,14,17)(H,15,16). The van der Waals surface area contributed by atoms with E-state index in [9.17, 15) is 4.79 Å². The molecular weight excluding hydrogens is 216 g/mol. The van der Waals surface area contributed by atoms with Crippen molar-refractivity contribution in [2.75, 3.05) is 12.3 Å². The summed E-state index contributed by atoms with van der Waals surface area (Å²) in [5, 5.41) is 9.45. The van der Waals surface area contributed by atoms with Crippen LogP contribution in [-0.2, 0) is 0 Å². The molecule has 1 aromatic heterocycles. The lowest BCUT2D eigenvalue weighted by Gasteiger charge is -2.27. The first-order chi connectivity index (χ1) is 7.73. The molecule has 0 aliphatic rings. The van der Waals surface area contributed by atoms with Crippen LogP contribution in [0.1, 0.15) is 43.9 Å². The van der Waals surface area contributed by atoms with Gasteiger partial charge in [0.1, 0.15) is 0 Å². The Hall–Kier alpha value is -1.52. The molecule has 0 aliphatic carbocycles. The summed E-state index contributed by atoms with van der Waals surface area (Å²) in [6.07, 6.45) is 0. The number of aryl methyl sites for hydroxylation is 1. The maximum Gasteiger partial charge on any atom is 0.273 e. The Kier molecular flexibility index (Phi) is 3.80. The van der Waals surface area contributed by atoms with Crippen LogP contribution in [0.4, 0.5) is 5.69 Å². The number of rotatable bonds is 3. The summed E-state index contributed by atoms with van der Waals surface area (Å²) in [5.74, 6) is 0.163. The van der Waals surface area contributed by atoms with Crippen LogP contribution in [0, 0.1) is 18.3 Å². The van der Waals surface area contributed by atoms with Crippen molar-refractivity contribution in [1.82, 2.24) is 15.5 Å². The third-order valence-corrected chi connectivity index (χ3v) is 3.26. The molecule has 1 amide bonds. The second-order valence-electron chi connectivity index (χ2n) is 5.59. The molecule has 17 heavy (non-hydrogen) atoms. The highest BCUT2D eigenvalue weighted by atomic mass is 16.1. The molecule has 0 radical (unpaired) electrons.